The lowest BCUT2D eigenvalue weighted by Gasteiger charge is -2.28. The molecule has 2 aromatic carbocycles. The van der Waals surface area contributed by atoms with Gasteiger partial charge in [-0.25, -0.2) is 4.68 Å². The molecule has 168 valence electrons. The minimum atomic E-state index is -0.152. The van der Waals surface area contributed by atoms with E-state index < -0.39 is 0 Å². The van der Waals surface area contributed by atoms with E-state index in [0.717, 1.165) is 12.2 Å². The fraction of sp³-hybridized carbons (Fsp3) is 0.346. The largest absolute Gasteiger partial charge is 0.314 e. The van der Waals surface area contributed by atoms with Crippen molar-refractivity contribution >= 4 is 23.2 Å². The highest BCUT2D eigenvalue weighted by molar-refractivity contribution is 6.30. The highest BCUT2D eigenvalue weighted by Gasteiger charge is 2.44. The quantitative estimate of drug-likeness (QED) is 0.583. The molecule has 1 aromatic heterocycles. The zero-order chi connectivity index (χ0) is 23.2. The molecular weight excluding hydrogens is 434 g/mol. The minimum absolute atomic E-state index is 0.152. The van der Waals surface area contributed by atoms with Crippen LogP contribution in [0.3, 0.4) is 0 Å². The predicted molar refractivity (Wildman–Crippen MR) is 129 cm³/mol. The summed E-state index contributed by atoms with van der Waals surface area (Å²) < 4.78 is 1.55. The van der Waals surface area contributed by atoms with Crippen LogP contribution in [0, 0.1) is 11.3 Å². The van der Waals surface area contributed by atoms with Crippen LogP contribution in [0.25, 0.3) is 5.69 Å². The van der Waals surface area contributed by atoms with Crippen molar-refractivity contribution in [3.63, 3.8) is 0 Å². The molecule has 0 atom stereocenters. The Morgan fingerprint density at radius 2 is 1.94 bits per heavy atom. The van der Waals surface area contributed by atoms with Gasteiger partial charge in [0.25, 0.3) is 5.91 Å². The summed E-state index contributed by atoms with van der Waals surface area (Å²) in [7, 11) is 0. The van der Waals surface area contributed by atoms with Crippen LogP contribution in [0.15, 0.2) is 48.5 Å². The Hall–Kier alpha value is -3.14. The minimum Gasteiger partial charge on any atom is -0.314 e. The second-order valence-electron chi connectivity index (χ2n) is 9.25. The van der Waals surface area contributed by atoms with E-state index in [1.54, 1.807) is 21.7 Å². The number of fused-ring (bicyclic) bond motifs is 1. The molecule has 0 radical (unpaired) electrons. The third kappa shape index (κ3) is 3.92. The summed E-state index contributed by atoms with van der Waals surface area (Å²) in [5.74, 6) is -0.152. The standard InChI is InChI=1S/C26H26ClN5O/c1-17(2)29-16-26(11-12-26)18-6-8-20(9-7-18)31-13-10-22-23(15-28)30-32(24(22)25(31)33)21-5-3-4-19(27)14-21/h3-9,14,17,29H,10-13,16H2,1-2H3. The number of anilines is 1. The van der Waals surface area contributed by atoms with Crippen molar-refractivity contribution in [1.29, 1.82) is 5.26 Å². The van der Waals surface area contributed by atoms with E-state index in [2.05, 4.69) is 42.5 Å². The maximum atomic E-state index is 13.6. The first-order chi connectivity index (χ1) is 15.9. The smallest absolute Gasteiger partial charge is 0.277 e. The van der Waals surface area contributed by atoms with Gasteiger partial charge in [0.15, 0.2) is 5.69 Å². The molecule has 6 nitrogen and oxygen atoms in total. The van der Waals surface area contributed by atoms with E-state index in [1.807, 2.05) is 24.3 Å². The van der Waals surface area contributed by atoms with Crippen LogP contribution in [-0.4, -0.2) is 34.8 Å². The molecule has 5 rings (SSSR count). The molecule has 1 aliphatic carbocycles. The van der Waals surface area contributed by atoms with Gasteiger partial charge in [-0.3, -0.25) is 4.79 Å². The molecule has 0 saturated heterocycles. The van der Waals surface area contributed by atoms with Crippen LogP contribution >= 0.6 is 11.6 Å². The summed E-state index contributed by atoms with van der Waals surface area (Å²) >= 11 is 6.17. The molecule has 2 aliphatic rings. The van der Waals surface area contributed by atoms with Gasteiger partial charge in [0.05, 0.1) is 5.69 Å². The molecule has 7 heteroatoms. The van der Waals surface area contributed by atoms with Crippen molar-refractivity contribution in [3.8, 4) is 11.8 Å². The summed E-state index contributed by atoms with van der Waals surface area (Å²) in [6.45, 7) is 5.83. The summed E-state index contributed by atoms with van der Waals surface area (Å²) in [6, 6.07) is 18.2. The Bertz CT molecular complexity index is 1250. The molecule has 0 unspecified atom stereocenters. The molecule has 1 amide bonds. The number of hydrogen-bond acceptors (Lipinski definition) is 4. The zero-order valence-corrected chi connectivity index (χ0v) is 19.6. The first kappa shape index (κ1) is 21.7. The Labute approximate surface area is 198 Å². The number of nitrogens with one attached hydrogen (secondary N) is 1. The molecule has 1 N–H and O–H groups in total. The van der Waals surface area contributed by atoms with Crippen LogP contribution in [-0.2, 0) is 11.8 Å². The van der Waals surface area contributed by atoms with E-state index in [0.29, 0.717) is 46.7 Å². The van der Waals surface area contributed by atoms with E-state index in [4.69, 9.17) is 11.6 Å². The maximum Gasteiger partial charge on any atom is 0.277 e. The number of benzene rings is 2. The Balaban J connectivity index is 1.45. The van der Waals surface area contributed by atoms with Gasteiger partial charge in [0.1, 0.15) is 11.8 Å². The third-order valence-electron chi connectivity index (χ3n) is 6.67. The average molecular weight is 460 g/mol. The summed E-state index contributed by atoms with van der Waals surface area (Å²) in [5.41, 5.74) is 4.49. The molecule has 1 saturated carbocycles. The molecule has 0 bridgehead atoms. The van der Waals surface area contributed by atoms with Crippen LogP contribution < -0.4 is 10.2 Å². The molecule has 1 fully saturated rings. The lowest BCUT2D eigenvalue weighted by atomic mass is 9.95. The van der Waals surface area contributed by atoms with E-state index >= 15 is 0 Å². The summed E-state index contributed by atoms with van der Waals surface area (Å²) in [5, 5.41) is 18.1. The molecule has 1 aliphatic heterocycles. The fourth-order valence-electron chi connectivity index (χ4n) is 4.60. The topological polar surface area (TPSA) is 74.0 Å². The highest BCUT2D eigenvalue weighted by Crippen LogP contribution is 2.48. The Morgan fingerprint density at radius 3 is 2.58 bits per heavy atom. The Morgan fingerprint density at radius 1 is 1.18 bits per heavy atom. The average Bonchev–Trinajstić information content (AvgIpc) is 3.51. The van der Waals surface area contributed by atoms with E-state index in [1.165, 1.54) is 18.4 Å². The van der Waals surface area contributed by atoms with Crippen molar-refractivity contribution in [2.75, 3.05) is 18.0 Å². The zero-order valence-electron chi connectivity index (χ0n) is 18.8. The van der Waals surface area contributed by atoms with Crippen molar-refractivity contribution in [3.05, 3.63) is 76.1 Å². The van der Waals surface area contributed by atoms with Gasteiger partial charge < -0.3 is 10.2 Å². The van der Waals surface area contributed by atoms with Crippen molar-refractivity contribution in [2.24, 2.45) is 0 Å². The van der Waals surface area contributed by atoms with Crippen LogP contribution in [0.1, 0.15) is 54.0 Å². The van der Waals surface area contributed by atoms with Crippen LogP contribution in [0.2, 0.25) is 5.02 Å². The van der Waals surface area contributed by atoms with E-state index in [-0.39, 0.29) is 11.3 Å². The predicted octanol–water partition coefficient (Wildman–Crippen LogP) is 4.63. The number of nitriles is 1. The van der Waals surface area contributed by atoms with Gasteiger partial charge in [-0.1, -0.05) is 43.6 Å². The molecule has 33 heavy (non-hydrogen) atoms. The van der Waals surface area contributed by atoms with Crippen molar-refractivity contribution < 1.29 is 4.79 Å². The van der Waals surface area contributed by atoms with Crippen LogP contribution in [0.4, 0.5) is 5.69 Å². The van der Waals surface area contributed by atoms with Gasteiger partial charge in [0, 0.05) is 40.8 Å². The normalized spacial score (nSPS) is 16.6. The number of hydrogen-bond donors (Lipinski definition) is 1. The summed E-state index contributed by atoms with van der Waals surface area (Å²) in [6.07, 6.45) is 2.95. The van der Waals surface area contributed by atoms with Gasteiger partial charge in [0.2, 0.25) is 0 Å². The van der Waals surface area contributed by atoms with Gasteiger partial charge in [-0.05, 0) is 55.2 Å². The number of carbonyl (C=O) groups excluding carboxylic acids is 1. The number of carbonyl (C=O) groups is 1. The third-order valence-corrected chi connectivity index (χ3v) is 6.90. The first-order valence-corrected chi connectivity index (χ1v) is 11.7. The van der Waals surface area contributed by atoms with Crippen molar-refractivity contribution in [1.82, 2.24) is 15.1 Å². The second-order valence-corrected chi connectivity index (χ2v) is 9.69. The maximum absolute atomic E-state index is 13.6. The van der Waals surface area contributed by atoms with Crippen molar-refractivity contribution in [2.45, 2.75) is 44.6 Å². The number of rotatable bonds is 6. The second kappa shape index (κ2) is 8.33. The Kier molecular flexibility index (Phi) is 5.48. The molecule has 0 spiro atoms. The number of amides is 1. The lowest BCUT2D eigenvalue weighted by Crippen LogP contribution is -2.39. The molecular formula is C26H26ClN5O. The molecule has 2 heterocycles. The molecule has 3 aromatic rings. The van der Waals surface area contributed by atoms with Crippen LogP contribution in [0.5, 0.6) is 0 Å². The first-order valence-electron chi connectivity index (χ1n) is 11.4. The van der Waals surface area contributed by atoms with E-state index in [9.17, 15) is 10.1 Å². The summed E-state index contributed by atoms with van der Waals surface area (Å²) in [4.78, 5) is 15.4. The van der Waals surface area contributed by atoms with Gasteiger partial charge >= 0.3 is 0 Å². The SMILES string of the molecule is CC(C)NCC1(c2ccc(N3CCc4c(C#N)nn(-c5cccc(Cl)c5)c4C3=O)cc2)CC1. The highest BCUT2D eigenvalue weighted by atomic mass is 35.5. The fourth-order valence-corrected chi connectivity index (χ4v) is 4.79. The monoisotopic (exact) mass is 459 g/mol. The lowest BCUT2D eigenvalue weighted by molar-refractivity contribution is 0.0973. The number of nitrogens with zero attached hydrogens (tertiary/aromatic N) is 4. The number of aromatic nitrogens is 2. The number of halogens is 1. The van der Waals surface area contributed by atoms with Gasteiger partial charge in [-0.2, -0.15) is 10.4 Å². The van der Waals surface area contributed by atoms with Gasteiger partial charge in [-0.15, -0.1) is 0 Å².